The molecule has 30 heavy (non-hydrogen) atoms. The molecule has 0 saturated carbocycles. The number of ether oxygens (including phenoxy) is 1. The van der Waals surface area contributed by atoms with Crippen molar-refractivity contribution in [2.24, 2.45) is 5.10 Å². The summed E-state index contributed by atoms with van der Waals surface area (Å²) in [5, 5.41) is 7.07. The van der Waals surface area contributed by atoms with Gasteiger partial charge in [-0.2, -0.15) is 5.10 Å². The minimum absolute atomic E-state index is 0.179. The topological polar surface area (TPSA) is 92.9 Å². The maximum absolute atomic E-state index is 12.1. The van der Waals surface area contributed by atoms with Gasteiger partial charge in [-0.1, -0.05) is 23.7 Å². The first-order chi connectivity index (χ1) is 14.4. The summed E-state index contributed by atoms with van der Waals surface area (Å²) in [5.41, 5.74) is 4.38. The highest BCUT2D eigenvalue weighted by atomic mass is 35.5. The van der Waals surface area contributed by atoms with Crippen LogP contribution >= 0.6 is 11.6 Å². The molecule has 0 saturated heterocycles. The summed E-state index contributed by atoms with van der Waals surface area (Å²) in [5.74, 6) is 1.11. The Morgan fingerprint density at radius 3 is 2.60 bits per heavy atom. The molecule has 0 spiro atoms. The quantitative estimate of drug-likeness (QED) is 0.429. The zero-order valence-electron chi connectivity index (χ0n) is 16.4. The second-order valence-corrected chi connectivity index (χ2v) is 6.84. The third-order valence-electron chi connectivity index (χ3n) is 4.03. The molecule has 0 fully saturated rings. The Bertz CT molecular complexity index is 1050. The molecule has 1 heterocycles. The van der Waals surface area contributed by atoms with E-state index < -0.39 is 0 Å². The fourth-order valence-corrected chi connectivity index (χ4v) is 2.89. The van der Waals surface area contributed by atoms with E-state index in [4.69, 9.17) is 20.8 Å². The van der Waals surface area contributed by atoms with Gasteiger partial charge in [0.25, 0.3) is 5.91 Å². The monoisotopic (exact) mass is 425 g/mol. The standard InChI is InChI=1S/C22H20ClN3O4/c1-14-4-3-5-20(23)21(14)29-13-19-11-10-18(30-19)12-24-26-22(28)16-6-8-17(9-7-16)25-15(2)27/h3-12H,13H2,1-2H3,(H,25,27)(H,26,28)/b24-12-. The van der Waals surface area contributed by atoms with Crippen molar-refractivity contribution < 1.29 is 18.7 Å². The Kier molecular flexibility index (Phi) is 6.87. The molecule has 2 N–H and O–H groups in total. The van der Waals surface area contributed by atoms with Gasteiger partial charge in [0.15, 0.2) is 0 Å². The predicted octanol–water partition coefficient (Wildman–Crippen LogP) is 4.54. The number of hydrogen-bond donors (Lipinski definition) is 2. The molecule has 154 valence electrons. The number of carbonyl (C=O) groups is 2. The molecule has 8 heteroatoms. The number of anilines is 1. The molecule has 7 nitrogen and oxygen atoms in total. The average Bonchev–Trinajstić information content (AvgIpc) is 3.15. The lowest BCUT2D eigenvalue weighted by molar-refractivity contribution is -0.114. The minimum Gasteiger partial charge on any atom is -0.484 e. The highest BCUT2D eigenvalue weighted by Crippen LogP contribution is 2.28. The summed E-state index contributed by atoms with van der Waals surface area (Å²) in [4.78, 5) is 23.1. The lowest BCUT2D eigenvalue weighted by atomic mass is 10.2. The van der Waals surface area contributed by atoms with Crippen molar-refractivity contribution in [1.29, 1.82) is 0 Å². The van der Waals surface area contributed by atoms with E-state index in [1.807, 2.05) is 19.1 Å². The van der Waals surface area contributed by atoms with Crippen molar-refractivity contribution in [2.75, 3.05) is 5.32 Å². The fraction of sp³-hybridized carbons (Fsp3) is 0.136. The van der Waals surface area contributed by atoms with Crippen LogP contribution in [0.15, 0.2) is 64.1 Å². The Hall–Kier alpha value is -3.58. The van der Waals surface area contributed by atoms with Gasteiger partial charge in [-0.3, -0.25) is 9.59 Å². The summed E-state index contributed by atoms with van der Waals surface area (Å²) in [6.07, 6.45) is 1.40. The Morgan fingerprint density at radius 2 is 1.90 bits per heavy atom. The molecule has 1 aromatic heterocycles. The highest BCUT2D eigenvalue weighted by Gasteiger charge is 2.08. The number of halogens is 1. The van der Waals surface area contributed by atoms with E-state index in [0.717, 1.165) is 5.56 Å². The fourth-order valence-electron chi connectivity index (χ4n) is 2.61. The van der Waals surface area contributed by atoms with Crippen LogP contribution in [0.1, 0.15) is 34.4 Å². The van der Waals surface area contributed by atoms with E-state index in [0.29, 0.717) is 33.5 Å². The first-order valence-electron chi connectivity index (χ1n) is 9.10. The van der Waals surface area contributed by atoms with Crippen LogP contribution in [0, 0.1) is 6.92 Å². The van der Waals surface area contributed by atoms with Crippen LogP contribution < -0.4 is 15.5 Å². The molecule has 0 unspecified atom stereocenters. The third-order valence-corrected chi connectivity index (χ3v) is 4.33. The molecule has 0 aliphatic rings. The van der Waals surface area contributed by atoms with Gasteiger partial charge < -0.3 is 14.5 Å². The number of aryl methyl sites for hydroxylation is 1. The number of hydrazone groups is 1. The SMILES string of the molecule is CC(=O)Nc1ccc(C(=O)N/N=C\c2ccc(COc3c(C)cccc3Cl)o2)cc1. The van der Waals surface area contributed by atoms with Crippen molar-refractivity contribution in [3.63, 3.8) is 0 Å². The number of carbonyl (C=O) groups excluding carboxylic acids is 2. The Balaban J connectivity index is 1.53. The van der Waals surface area contributed by atoms with Crippen molar-refractivity contribution in [3.8, 4) is 5.75 Å². The van der Waals surface area contributed by atoms with Crippen LogP contribution in [0.2, 0.25) is 5.02 Å². The number of nitrogens with zero attached hydrogens (tertiary/aromatic N) is 1. The summed E-state index contributed by atoms with van der Waals surface area (Å²) in [7, 11) is 0. The molecular weight excluding hydrogens is 406 g/mol. The number of rotatable bonds is 7. The van der Waals surface area contributed by atoms with Gasteiger partial charge >= 0.3 is 0 Å². The van der Waals surface area contributed by atoms with Crippen molar-refractivity contribution in [2.45, 2.75) is 20.5 Å². The molecule has 0 bridgehead atoms. The molecule has 3 rings (SSSR count). The second-order valence-electron chi connectivity index (χ2n) is 6.44. The Morgan fingerprint density at radius 1 is 1.13 bits per heavy atom. The molecule has 2 amide bonds. The Labute approximate surface area is 178 Å². The van der Waals surface area contributed by atoms with E-state index >= 15 is 0 Å². The first kappa shape index (κ1) is 21.1. The maximum Gasteiger partial charge on any atom is 0.271 e. The summed E-state index contributed by atoms with van der Waals surface area (Å²) in [6, 6.07) is 15.5. The number of benzene rings is 2. The van der Waals surface area contributed by atoms with E-state index in [-0.39, 0.29) is 18.4 Å². The molecule has 0 radical (unpaired) electrons. The van der Waals surface area contributed by atoms with Crippen molar-refractivity contribution in [1.82, 2.24) is 5.43 Å². The molecule has 3 aromatic rings. The number of amides is 2. The smallest absolute Gasteiger partial charge is 0.271 e. The van der Waals surface area contributed by atoms with Crippen LogP contribution in [0.5, 0.6) is 5.75 Å². The first-order valence-corrected chi connectivity index (χ1v) is 9.48. The van der Waals surface area contributed by atoms with E-state index in [1.165, 1.54) is 13.1 Å². The molecular formula is C22H20ClN3O4. The van der Waals surface area contributed by atoms with Gasteiger partial charge in [0.2, 0.25) is 5.91 Å². The number of nitrogens with one attached hydrogen (secondary N) is 2. The molecule has 0 atom stereocenters. The number of furan rings is 1. The maximum atomic E-state index is 12.1. The van der Waals surface area contributed by atoms with Crippen LogP contribution in [0.25, 0.3) is 0 Å². The van der Waals surface area contributed by atoms with E-state index in [2.05, 4.69) is 15.8 Å². The van der Waals surface area contributed by atoms with Gasteiger partial charge in [-0.15, -0.1) is 0 Å². The van der Waals surface area contributed by atoms with Crippen LogP contribution in [0.3, 0.4) is 0 Å². The lowest BCUT2D eigenvalue weighted by Crippen LogP contribution is -2.17. The summed E-state index contributed by atoms with van der Waals surface area (Å²) >= 11 is 6.14. The minimum atomic E-state index is -0.384. The number of para-hydroxylation sites is 1. The van der Waals surface area contributed by atoms with Gasteiger partial charge in [0, 0.05) is 18.2 Å². The lowest BCUT2D eigenvalue weighted by Gasteiger charge is -2.09. The van der Waals surface area contributed by atoms with Crippen molar-refractivity contribution >= 4 is 35.3 Å². The van der Waals surface area contributed by atoms with Gasteiger partial charge in [-0.25, -0.2) is 5.43 Å². The van der Waals surface area contributed by atoms with Crippen LogP contribution in [-0.4, -0.2) is 18.0 Å². The summed E-state index contributed by atoms with van der Waals surface area (Å²) in [6.45, 7) is 3.54. The molecule has 0 aliphatic carbocycles. The zero-order valence-corrected chi connectivity index (χ0v) is 17.2. The van der Waals surface area contributed by atoms with Crippen molar-refractivity contribution in [3.05, 3.63) is 82.3 Å². The summed E-state index contributed by atoms with van der Waals surface area (Å²) < 4.78 is 11.4. The molecule has 0 aliphatic heterocycles. The van der Waals surface area contributed by atoms with Crippen LogP contribution in [0.4, 0.5) is 5.69 Å². The van der Waals surface area contributed by atoms with Gasteiger partial charge in [0.1, 0.15) is 23.9 Å². The van der Waals surface area contributed by atoms with E-state index in [1.54, 1.807) is 42.5 Å². The normalized spacial score (nSPS) is 10.8. The molecule has 2 aromatic carbocycles. The third kappa shape index (κ3) is 5.71. The predicted molar refractivity (Wildman–Crippen MR) is 115 cm³/mol. The van der Waals surface area contributed by atoms with Gasteiger partial charge in [0.05, 0.1) is 11.2 Å². The van der Waals surface area contributed by atoms with E-state index in [9.17, 15) is 9.59 Å². The second kappa shape index (κ2) is 9.76. The number of hydrogen-bond acceptors (Lipinski definition) is 5. The highest BCUT2D eigenvalue weighted by molar-refractivity contribution is 6.32. The largest absolute Gasteiger partial charge is 0.484 e. The van der Waals surface area contributed by atoms with Gasteiger partial charge in [-0.05, 0) is 55.0 Å². The average molecular weight is 426 g/mol. The van der Waals surface area contributed by atoms with Crippen LogP contribution in [-0.2, 0) is 11.4 Å². The zero-order chi connectivity index (χ0) is 21.5.